The average molecular weight is 391 g/mol. The van der Waals surface area contributed by atoms with Crippen molar-refractivity contribution in [3.63, 3.8) is 0 Å². The first-order valence-corrected chi connectivity index (χ1v) is 9.29. The second-order valence-electron chi connectivity index (χ2n) is 6.57. The monoisotopic (exact) mass is 391 g/mol. The van der Waals surface area contributed by atoms with Gasteiger partial charge in [-0.15, -0.1) is 0 Å². The van der Waals surface area contributed by atoms with Crippen LogP contribution in [0.15, 0.2) is 63.8 Å². The van der Waals surface area contributed by atoms with E-state index in [-0.39, 0.29) is 16.9 Å². The van der Waals surface area contributed by atoms with Crippen molar-refractivity contribution in [2.45, 2.75) is 20.3 Å². The lowest BCUT2D eigenvalue weighted by Crippen LogP contribution is -2.28. The predicted octanol–water partition coefficient (Wildman–Crippen LogP) is 3.86. The first-order chi connectivity index (χ1) is 14.0. The Morgan fingerprint density at radius 1 is 1.10 bits per heavy atom. The fourth-order valence-corrected chi connectivity index (χ4v) is 2.64. The first-order valence-electron chi connectivity index (χ1n) is 9.29. The molecule has 0 bridgehead atoms. The number of carbonyl (C=O) groups is 2. The Morgan fingerprint density at radius 3 is 2.59 bits per heavy atom. The summed E-state index contributed by atoms with van der Waals surface area (Å²) < 4.78 is 10.5. The Bertz CT molecular complexity index is 1130. The lowest BCUT2D eigenvalue weighted by Gasteiger charge is -2.05. The van der Waals surface area contributed by atoms with Crippen molar-refractivity contribution in [1.29, 1.82) is 0 Å². The van der Waals surface area contributed by atoms with Gasteiger partial charge in [-0.05, 0) is 43.2 Å². The van der Waals surface area contributed by atoms with Crippen molar-refractivity contribution in [3.8, 4) is 5.75 Å². The summed E-state index contributed by atoms with van der Waals surface area (Å²) in [6, 6.07) is 13.8. The number of ether oxygens (including phenoxy) is 1. The number of aryl methyl sites for hydroxylation is 1. The normalized spacial score (nSPS) is 11.0. The van der Waals surface area contributed by atoms with E-state index in [1.807, 2.05) is 38.1 Å². The quantitative estimate of drug-likeness (QED) is 0.298. The molecule has 148 valence electrons. The molecule has 3 aromatic rings. The zero-order valence-electron chi connectivity index (χ0n) is 16.2. The summed E-state index contributed by atoms with van der Waals surface area (Å²) in [5.74, 6) is -0.788. The Labute approximate surface area is 167 Å². The van der Waals surface area contributed by atoms with E-state index in [2.05, 4.69) is 5.32 Å². The van der Waals surface area contributed by atoms with Crippen molar-refractivity contribution in [2.24, 2.45) is 0 Å². The van der Waals surface area contributed by atoms with E-state index < -0.39 is 17.5 Å². The molecule has 0 aliphatic rings. The minimum atomic E-state index is -0.742. The van der Waals surface area contributed by atoms with Gasteiger partial charge < -0.3 is 14.5 Å². The Kier molecular flexibility index (Phi) is 6.24. The molecule has 0 aliphatic heterocycles. The van der Waals surface area contributed by atoms with Crippen LogP contribution in [0.2, 0.25) is 0 Å². The van der Waals surface area contributed by atoms with Crippen molar-refractivity contribution < 1.29 is 18.7 Å². The molecule has 1 aromatic heterocycles. The molecule has 6 heteroatoms. The van der Waals surface area contributed by atoms with Crippen LogP contribution in [-0.4, -0.2) is 18.4 Å². The molecular weight excluding hydrogens is 370 g/mol. The van der Waals surface area contributed by atoms with Crippen LogP contribution in [0.5, 0.6) is 5.75 Å². The predicted molar refractivity (Wildman–Crippen MR) is 111 cm³/mol. The van der Waals surface area contributed by atoms with Crippen LogP contribution >= 0.6 is 0 Å². The van der Waals surface area contributed by atoms with E-state index >= 15 is 0 Å². The standard InChI is InChI=1S/C23H21NO5/c1-3-12-24-22(26)19-13-17-9-10-18(14-20(17)29-23(19)27)28-21(25)11-8-16-6-4-15(2)5-7-16/h4-11,13-14H,3,12H2,1-2H3,(H,24,26)/b11-8+. The Morgan fingerprint density at radius 2 is 1.86 bits per heavy atom. The van der Waals surface area contributed by atoms with Gasteiger partial charge in [0.2, 0.25) is 0 Å². The van der Waals surface area contributed by atoms with E-state index in [1.165, 1.54) is 18.2 Å². The molecule has 0 unspecified atom stereocenters. The van der Waals surface area contributed by atoms with Gasteiger partial charge in [-0.25, -0.2) is 9.59 Å². The number of fused-ring (bicyclic) bond motifs is 1. The van der Waals surface area contributed by atoms with Gasteiger partial charge in [-0.1, -0.05) is 36.8 Å². The molecule has 0 atom stereocenters. The maximum Gasteiger partial charge on any atom is 0.349 e. The summed E-state index contributed by atoms with van der Waals surface area (Å²) in [5, 5.41) is 3.20. The van der Waals surface area contributed by atoms with Crippen LogP contribution in [-0.2, 0) is 4.79 Å². The third kappa shape index (κ3) is 5.19. The largest absolute Gasteiger partial charge is 0.423 e. The van der Waals surface area contributed by atoms with Crippen LogP contribution in [0.3, 0.4) is 0 Å². The zero-order valence-corrected chi connectivity index (χ0v) is 16.2. The summed E-state index contributed by atoms with van der Waals surface area (Å²) in [7, 11) is 0. The molecule has 3 rings (SSSR count). The van der Waals surface area contributed by atoms with Gasteiger partial charge in [0, 0.05) is 24.1 Å². The highest BCUT2D eigenvalue weighted by atomic mass is 16.5. The molecule has 0 radical (unpaired) electrons. The summed E-state index contributed by atoms with van der Waals surface area (Å²) in [4.78, 5) is 36.2. The minimum absolute atomic E-state index is 0.0586. The lowest BCUT2D eigenvalue weighted by molar-refractivity contribution is -0.128. The number of amides is 1. The fraction of sp³-hybridized carbons (Fsp3) is 0.174. The van der Waals surface area contributed by atoms with Crippen molar-refractivity contribution in [3.05, 3.63) is 81.7 Å². The van der Waals surface area contributed by atoms with Gasteiger partial charge >= 0.3 is 11.6 Å². The minimum Gasteiger partial charge on any atom is -0.423 e. The molecule has 0 spiro atoms. The molecule has 0 fully saturated rings. The van der Waals surface area contributed by atoms with E-state index in [1.54, 1.807) is 18.2 Å². The van der Waals surface area contributed by atoms with Gasteiger partial charge in [0.05, 0.1) is 0 Å². The second kappa shape index (κ2) is 9.01. The van der Waals surface area contributed by atoms with Gasteiger partial charge in [0.25, 0.3) is 5.91 Å². The first kappa shape index (κ1) is 20.1. The highest BCUT2D eigenvalue weighted by molar-refractivity contribution is 5.97. The van der Waals surface area contributed by atoms with Crippen LogP contribution in [0.1, 0.15) is 34.8 Å². The summed E-state index contributed by atoms with van der Waals surface area (Å²) in [6.45, 7) is 4.38. The third-order valence-corrected chi connectivity index (χ3v) is 4.20. The number of hydrogen-bond acceptors (Lipinski definition) is 5. The van der Waals surface area contributed by atoms with Gasteiger partial charge in [-0.2, -0.15) is 0 Å². The second-order valence-corrected chi connectivity index (χ2v) is 6.57. The highest BCUT2D eigenvalue weighted by Gasteiger charge is 2.14. The topological polar surface area (TPSA) is 85.6 Å². The van der Waals surface area contributed by atoms with E-state index in [0.717, 1.165) is 17.5 Å². The molecule has 2 aromatic carbocycles. The lowest BCUT2D eigenvalue weighted by atomic mass is 10.1. The molecule has 6 nitrogen and oxygen atoms in total. The molecule has 0 saturated carbocycles. The molecule has 1 amide bonds. The number of hydrogen-bond donors (Lipinski definition) is 1. The Balaban J connectivity index is 1.75. The zero-order chi connectivity index (χ0) is 20.8. The number of esters is 1. The molecule has 1 N–H and O–H groups in total. The van der Waals surface area contributed by atoms with Crippen LogP contribution in [0, 0.1) is 6.92 Å². The maximum absolute atomic E-state index is 12.1. The molecule has 0 aliphatic carbocycles. The number of benzene rings is 2. The van der Waals surface area contributed by atoms with Crippen LogP contribution in [0.4, 0.5) is 0 Å². The third-order valence-electron chi connectivity index (χ3n) is 4.20. The maximum atomic E-state index is 12.1. The van der Waals surface area contributed by atoms with E-state index in [4.69, 9.17) is 9.15 Å². The van der Waals surface area contributed by atoms with Crippen LogP contribution in [0.25, 0.3) is 17.0 Å². The average Bonchev–Trinajstić information content (AvgIpc) is 2.71. The SMILES string of the molecule is CCCNC(=O)c1cc2ccc(OC(=O)/C=C/c3ccc(C)cc3)cc2oc1=O. The number of carbonyl (C=O) groups excluding carboxylic acids is 2. The molecule has 29 heavy (non-hydrogen) atoms. The van der Waals surface area contributed by atoms with Crippen molar-refractivity contribution in [2.75, 3.05) is 6.54 Å². The summed E-state index contributed by atoms with van der Waals surface area (Å²) >= 11 is 0. The van der Waals surface area contributed by atoms with Crippen molar-refractivity contribution in [1.82, 2.24) is 5.32 Å². The van der Waals surface area contributed by atoms with E-state index in [0.29, 0.717) is 11.9 Å². The summed E-state index contributed by atoms with van der Waals surface area (Å²) in [6.07, 6.45) is 3.74. The van der Waals surface area contributed by atoms with E-state index in [9.17, 15) is 14.4 Å². The van der Waals surface area contributed by atoms with Gasteiger partial charge in [-0.3, -0.25) is 4.79 Å². The molecule has 1 heterocycles. The van der Waals surface area contributed by atoms with Gasteiger partial charge in [0.1, 0.15) is 16.9 Å². The van der Waals surface area contributed by atoms with Gasteiger partial charge in [0.15, 0.2) is 0 Å². The fourth-order valence-electron chi connectivity index (χ4n) is 2.64. The number of nitrogens with one attached hydrogen (secondary N) is 1. The summed E-state index contributed by atoms with van der Waals surface area (Å²) in [5.41, 5.74) is 1.44. The molecular formula is C23H21NO5. The number of rotatable bonds is 6. The molecule has 0 saturated heterocycles. The van der Waals surface area contributed by atoms with Crippen LogP contribution < -0.4 is 15.7 Å². The highest BCUT2D eigenvalue weighted by Crippen LogP contribution is 2.21. The Hall–Kier alpha value is -3.67. The van der Waals surface area contributed by atoms with Crippen molar-refractivity contribution >= 4 is 28.9 Å². The smallest absolute Gasteiger partial charge is 0.349 e.